The van der Waals surface area contributed by atoms with Crippen molar-refractivity contribution in [2.45, 2.75) is 33.6 Å². The average Bonchev–Trinajstić information content (AvgIpc) is 2.87. The van der Waals surface area contributed by atoms with Crippen LogP contribution in [0.1, 0.15) is 41.2 Å². The molecule has 6 heteroatoms. The zero-order chi connectivity index (χ0) is 15.9. The molecular formula is C15H24N2O3S. The van der Waals surface area contributed by atoms with E-state index < -0.39 is 0 Å². The predicted octanol–water partition coefficient (Wildman–Crippen LogP) is 1.70. The van der Waals surface area contributed by atoms with Gasteiger partial charge in [-0.05, 0) is 37.3 Å². The molecular weight excluding hydrogens is 288 g/mol. The van der Waals surface area contributed by atoms with Gasteiger partial charge in [0.25, 0.3) is 5.91 Å². The fourth-order valence-corrected chi connectivity index (χ4v) is 2.63. The van der Waals surface area contributed by atoms with Gasteiger partial charge in [0.2, 0.25) is 5.91 Å². The van der Waals surface area contributed by atoms with Gasteiger partial charge in [-0.3, -0.25) is 9.59 Å². The van der Waals surface area contributed by atoms with Crippen molar-refractivity contribution < 1.29 is 14.7 Å². The average molecular weight is 312 g/mol. The highest BCUT2D eigenvalue weighted by Crippen LogP contribution is 2.20. The van der Waals surface area contributed by atoms with Gasteiger partial charge < -0.3 is 15.7 Å². The maximum Gasteiger partial charge on any atom is 0.261 e. The summed E-state index contributed by atoms with van der Waals surface area (Å²) in [5.41, 5.74) is -0.0622. The number of hydrogen-bond donors (Lipinski definition) is 3. The van der Waals surface area contributed by atoms with Crippen molar-refractivity contribution in [1.82, 2.24) is 10.6 Å². The van der Waals surface area contributed by atoms with Crippen LogP contribution in [0.3, 0.4) is 0 Å². The summed E-state index contributed by atoms with van der Waals surface area (Å²) >= 11 is 1.41. The molecule has 2 amide bonds. The number of carbonyl (C=O) groups is 2. The number of aryl methyl sites for hydroxylation is 1. The molecule has 0 aliphatic carbocycles. The first-order valence-corrected chi connectivity index (χ1v) is 7.88. The van der Waals surface area contributed by atoms with Crippen LogP contribution in [0.5, 0.6) is 0 Å². The second-order valence-electron chi connectivity index (χ2n) is 5.86. The number of rotatable bonds is 8. The van der Waals surface area contributed by atoms with E-state index in [9.17, 15) is 9.59 Å². The first-order valence-electron chi connectivity index (χ1n) is 7.06. The lowest BCUT2D eigenvalue weighted by Gasteiger charge is -2.24. The Labute approximate surface area is 129 Å². The van der Waals surface area contributed by atoms with Gasteiger partial charge in [0.1, 0.15) is 0 Å². The van der Waals surface area contributed by atoms with Gasteiger partial charge in [0.15, 0.2) is 0 Å². The summed E-state index contributed by atoms with van der Waals surface area (Å²) in [5, 5.41) is 14.3. The lowest BCUT2D eigenvalue weighted by atomic mass is 9.88. The van der Waals surface area contributed by atoms with Crippen LogP contribution in [-0.2, 0) is 4.79 Å². The van der Waals surface area contributed by atoms with Crippen molar-refractivity contribution in [2.24, 2.45) is 5.41 Å². The number of aliphatic hydroxyl groups is 1. The van der Waals surface area contributed by atoms with Crippen LogP contribution in [0.15, 0.2) is 12.1 Å². The summed E-state index contributed by atoms with van der Waals surface area (Å²) in [6.45, 7) is 6.67. The van der Waals surface area contributed by atoms with Crippen LogP contribution >= 0.6 is 11.3 Å². The lowest BCUT2D eigenvalue weighted by Crippen LogP contribution is -2.40. The van der Waals surface area contributed by atoms with Crippen molar-refractivity contribution >= 4 is 23.2 Å². The summed E-state index contributed by atoms with van der Waals surface area (Å²) in [4.78, 5) is 25.2. The molecule has 0 saturated carbocycles. The molecule has 5 nitrogen and oxygen atoms in total. The van der Waals surface area contributed by atoms with E-state index in [1.54, 1.807) is 6.07 Å². The van der Waals surface area contributed by atoms with Crippen LogP contribution < -0.4 is 10.6 Å². The van der Waals surface area contributed by atoms with Crippen LogP contribution in [0.25, 0.3) is 0 Å². The molecule has 0 unspecified atom stereocenters. The van der Waals surface area contributed by atoms with Gasteiger partial charge in [0.05, 0.1) is 11.4 Å². The molecule has 0 saturated heterocycles. The largest absolute Gasteiger partial charge is 0.396 e. The Bertz CT molecular complexity index is 483. The first-order chi connectivity index (χ1) is 9.84. The van der Waals surface area contributed by atoms with Gasteiger partial charge in [-0.1, -0.05) is 13.8 Å². The summed E-state index contributed by atoms with van der Waals surface area (Å²) in [5.74, 6) is -0.420. The first kappa shape index (κ1) is 17.7. The van der Waals surface area contributed by atoms with Gasteiger partial charge in [-0.2, -0.15) is 0 Å². The van der Waals surface area contributed by atoms with Crippen LogP contribution in [-0.4, -0.2) is 36.6 Å². The molecule has 0 bridgehead atoms. The van der Waals surface area contributed by atoms with E-state index in [0.717, 1.165) is 17.7 Å². The second-order valence-corrected chi connectivity index (χ2v) is 7.15. The molecule has 0 atom stereocenters. The van der Waals surface area contributed by atoms with Gasteiger partial charge in [0, 0.05) is 18.0 Å². The molecule has 3 N–H and O–H groups in total. The van der Waals surface area contributed by atoms with E-state index in [4.69, 9.17) is 5.11 Å². The highest BCUT2D eigenvalue weighted by Gasteiger charge is 2.18. The van der Waals surface area contributed by atoms with Crippen molar-refractivity contribution in [1.29, 1.82) is 0 Å². The third-order valence-electron chi connectivity index (χ3n) is 3.15. The van der Waals surface area contributed by atoms with Crippen molar-refractivity contribution in [3.63, 3.8) is 0 Å². The molecule has 0 spiro atoms. The zero-order valence-electron chi connectivity index (χ0n) is 12.9. The Balaban J connectivity index is 2.29. The number of nitrogens with one attached hydrogen (secondary N) is 2. The van der Waals surface area contributed by atoms with E-state index >= 15 is 0 Å². The number of amides is 2. The maximum absolute atomic E-state index is 11.8. The molecule has 0 aliphatic heterocycles. The summed E-state index contributed by atoms with van der Waals surface area (Å²) < 4.78 is 0. The van der Waals surface area contributed by atoms with Gasteiger partial charge >= 0.3 is 0 Å². The normalized spacial score (nSPS) is 11.2. The Morgan fingerprint density at radius 1 is 1.29 bits per heavy atom. The highest BCUT2D eigenvalue weighted by molar-refractivity contribution is 7.13. The second kappa shape index (κ2) is 8.14. The molecule has 0 aliphatic rings. The Morgan fingerprint density at radius 2 is 2.00 bits per heavy atom. The molecule has 21 heavy (non-hydrogen) atoms. The zero-order valence-corrected chi connectivity index (χ0v) is 13.7. The minimum Gasteiger partial charge on any atom is -0.396 e. The molecule has 1 aromatic heterocycles. The summed E-state index contributed by atoms with van der Waals surface area (Å²) in [6.07, 6.45) is 1.56. The quantitative estimate of drug-likeness (QED) is 0.683. The number of thiophene rings is 1. The van der Waals surface area contributed by atoms with Gasteiger partial charge in [-0.25, -0.2) is 0 Å². The maximum atomic E-state index is 11.8. The standard InChI is InChI=1S/C15H24N2O3S/c1-11-5-6-12(21-11)14(20)16-9-13(19)17-10-15(2,3)7-4-8-18/h5-6,18H,4,7-10H2,1-3H3,(H,16,20)(H,17,19). The van der Waals surface area contributed by atoms with Crippen LogP contribution in [0.4, 0.5) is 0 Å². The van der Waals surface area contributed by atoms with E-state index in [-0.39, 0.29) is 30.4 Å². The Morgan fingerprint density at radius 3 is 2.57 bits per heavy atom. The van der Waals surface area contributed by atoms with Crippen molar-refractivity contribution in [3.05, 3.63) is 21.9 Å². The predicted molar refractivity (Wildman–Crippen MR) is 84.5 cm³/mol. The van der Waals surface area contributed by atoms with Crippen molar-refractivity contribution in [2.75, 3.05) is 19.7 Å². The van der Waals surface area contributed by atoms with E-state index in [2.05, 4.69) is 10.6 Å². The topological polar surface area (TPSA) is 78.4 Å². The fourth-order valence-electron chi connectivity index (χ4n) is 1.85. The van der Waals surface area contributed by atoms with Crippen LogP contribution in [0.2, 0.25) is 0 Å². The minimum atomic E-state index is -0.220. The molecule has 1 aromatic rings. The molecule has 1 heterocycles. The Hall–Kier alpha value is -1.40. The highest BCUT2D eigenvalue weighted by atomic mass is 32.1. The minimum absolute atomic E-state index is 0.0220. The van der Waals surface area contributed by atoms with Gasteiger partial charge in [-0.15, -0.1) is 11.3 Å². The molecule has 1 rings (SSSR count). The monoisotopic (exact) mass is 312 g/mol. The third-order valence-corrected chi connectivity index (χ3v) is 4.15. The molecule has 118 valence electrons. The number of hydrogen-bond acceptors (Lipinski definition) is 4. The molecule has 0 aromatic carbocycles. The number of aliphatic hydroxyl groups excluding tert-OH is 1. The fraction of sp³-hybridized carbons (Fsp3) is 0.600. The lowest BCUT2D eigenvalue weighted by molar-refractivity contribution is -0.120. The van der Waals surface area contributed by atoms with Crippen LogP contribution in [0, 0.1) is 12.3 Å². The smallest absolute Gasteiger partial charge is 0.261 e. The van der Waals surface area contributed by atoms with E-state index in [1.165, 1.54) is 11.3 Å². The number of carbonyl (C=O) groups excluding carboxylic acids is 2. The SMILES string of the molecule is Cc1ccc(C(=O)NCC(=O)NCC(C)(C)CCCO)s1. The van der Waals surface area contributed by atoms with Crippen molar-refractivity contribution in [3.8, 4) is 0 Å². The molecule has 0 radical (unpaired) electrons. The van der Waals surface area contributed by atoms with E-state index in [0.29, 0.717) is 11.4 Å². The summed E-state index contributed by atoms with van der Waals surface area (Å²) in [7, 11) is 0. The third kappa shape index (κ3) is 6.73. The summed E-state index contributed by atoms with van der Waals surface area (Å²) in [6, 6.07) is 3.63. The van der Waals surface area contributed by atoms with E-state index in [1.807, 2.05) is 26.8 Å². The molecule has 0 fully saturated rings. The Kier molecular flexibility index (Phi) is 6.84.